The number of esters is 1. The maximum absolute atomic E-state index is 13.4. The van der Waals surface area contributed by atoms with E-state index in [9.17, 15) is 66.1 Å². The third-order valence-electron chi connectivity index (χ3n) is 21.0. The van der Waals surface area contributed by atoms with Crippen LogP contribution in [0.5, 0.6) is 0 Å². The normalized spacial score (nSPS) is 11.2. The summed E-state index contributed by atoms with van der Waals surface area (Å²) in [4.78, 5) is 79.6. The molecule has 0 aliphatic carbocycles. The molecule has 29 nitrogen and oxygen atoms in total. The highest BCUT2D eigenvalue weighted by Gasteiger charge is 2.35. The van der Waals surface area contributed by atoms with Crippen molar-refractivity contribution in [1.29, 1.82) is 0 Å². The number of pyridine rings is 4. The topological polar surface area (TPSA) is 381 Å². The molecular formula is C105H108Cl3N13O16S5. The first-order chi connectivity index (χ1) is 67.2. The first-order valence-electron chi connectivity index (χ1n) is 44.1. The molecule has 0 aliphatic rings. The first kappa shape index (κ1) is 110. The summed E-state index contributed by atoms with van der Waals surface area (Å²) in [5, 5.41) is 11.3. The van der Waals surface area contributed by atoms with Crippen molar-refractivity contribution in [2.75, 3.05) is 75.5 Å². The second-order valence-electron chi connectivity index (χ2n) is 33.1. The SMILES string of the molecule is Cc1ccc(C)c(N(CC(=O)Nc2cccnc2Cl)S(=O)(=O)c2ccccc2)c1.Cc1ccc(C)c(N(CC(=O)Nc2cncc(Cl)c2)S(=O)(=O)c2ccccc2)c1.Cc1ccc(C)c(N(CC(=O)OC(C)C)S(=O)(=O)c2ccccc2)c1.Cc1cnc(Cl)c(NC(=O)CN(c2cc(C)ccc2C)S(=O)(=O)c2ccccc2)c1.Cc1cncc(NC(=O)CN(c2cc(C)ccc2C)S(=O)(=O)c2ccccc2)c1. The van der Waals surface area contributed by atoms with Gasteiger partial charge in [0.15, 0.2) is 10.3 Å². The lowest BCUT2D eigenvalue weighted by molar-refractivity contribution is -0.145. The number of anilines is 9. The van der Waals surface area contributed by atoms with Crippen LogP contribution in [-0.2, 0) is 78.8 Å². The van der Waals surface area contributed by atoms with Gasteiger partial charge in [-0.2, -0.15) is 0 Å². The van der Waals surface area contributed by atoms with Gasteiger partial charge in [-0.25, -0.2) is 52.1 Å². The van der Waals surface area contributed by atoms with Crippen LogP contribution in [0, 0.1) is 83.1 Å². The van der Waals surface area contributed by atoms with Gasteiger partial charge >= 0.3 is 5.97 Å². The number of rotatable bonds is 30. The fourth-order valence-electron chi connectivity index (χ4n) is 14.0. The Hall–Kier alpha value is -14.2. The van der Waals surface area contributed by atoms with Crippen LogP contribution in [-0.4, -0.2) is 130 Å². The zero-order chi connectivity index (χ0) is 104. The van der Waals surface area contributed by atoms with Crippen molar-refractivity contribution < 1.29 is 70.8 Å². The molecule has 4 amide bonds. The number of carbonyl (C=O) groups excluding carboxylic acids is 5. The molecule has 4 heterocycles. The van der Waals surface area contributed by atoms with Crippen molar-refractivity contribution >= 4 is 166 Å². The van der Waals surface area contributed by atoms with E-state index in [-0.39, 0.29) is 54.0 Å². The average Bonchev–Trinajstić information content (AvgIpc) is 0.799. The van der Waals surface area contributed by atoms with Gasteiger partial charge in [0, 0.05) is 24.8 Å². The van der Waals surface area contributed by atoms with E-state index in [4.69, 9.17) is 39.5 Å². The summed E-state index contributed by atoms with van der Waals surface area (Å²) in [6.07, 6.45) is 8.86. The minimum atomic E-state index is -3.98. The monoisotopic (exact) mass is 2070 g/mol. The Morgan fingerprint density at radius 1 is 0.289 bits per heavy atom. The predicted octanol–water partition coefficient (Wildman–Crippen LogP) is 20.2. The van der Waals surface area contributed by atoms with Crippen LogP contribution < -0.4 is 42.8 Å². The lowest BCUT2D eigenvalue weighted by Crippen LogP contribution is -2.38. The van der Waals surface area contributed by atoms with E-state index in [1.165, 1.54) is 85.5 Å². The molecule has 0 unspecified atom stereocenters. The number of hydrogen-bond donors (Lipinski definition) is 4. The quantitative estimate of drug-likeness (QED) is 0.0240. The van der Waals surface area contributed by atoms with Crippen molar-refractivity contribution in [3.05, 3.63) is 392 Å². The number of sulfonamides is 5. The Labute approximate surface area is 845 Å². The van der Waals surface area contributed by atoms with Gasteiger partial charge < -0.3 is 26.0 Å². The summed E-state index contributed by atoms with van der Waals surface area (Å²) in [5.41, 5.74) is 13.8. The highest BCUT2D eigenvalue weighted by molar-refractivity contribution is 7.94. The van der Waals surface area contributed by atoms with E-state index in [0.717, 1.165) is 88.3 Å². The maximum atomic E-state index is 13.4. The molecule has 0 atom stereocenters. The van der Waals surface area contributed by atoms with Crippen molar-refractivity contribution in [2.45, 2.75) is 128 Å². The third-order valence-corrected chi connectivity index (χ3v) is 30.7. The fraction of sp³-hybridized carbons (Fsp3) is 0.190. The Balaban J connectivity index is 0.000000183. The number of hydrogen-bond acceptors (Lipinski definition) is 20. The number of ether oxygens (including phenoxy) is 1. The van der Waals surface area contributed by atoms with Crippen LogP contribution in [0.25, 0.3) is 0 Å². The van der Waals surface area contributed by atoms with Crippen LogP contribution in [0.3, 0.4) is 0 Å². The minimum absolute atomic E-state index is 0.105. The van der Waals surface area contributed by atoms with Gasteiger partial charge in [-0.05, 0) is 285 Å². The van der Waals surface area contributed by atoms with E-state index in [1.54, 1.807) is 192 Å². The number of aromatic nitrogens is 4. The number of nitrogens with one attached hydrogen (secondary N) is 4. The van der Waals surface area contributed by atoms with Crippen molar-refractivity contribution in [3.8, 4) is 0 Å². The van der Waals surface area contributed by atoms with Gasteiger partial charge in [-0.3, -0.25) is 55.5 Å². The third kappa shape index (κ3) is 30.2. The summed E-state index contributed by atoms with van der Waals surface area (Å²) in [6, 6.07) is 76.0. The van der Waals surface area contributed by atoms with Crippen molar-refractivity contribution in [1.82, 2.24) is 19.9 Å². The Morgan fingerprint density at radius 3 is 0.859 bits per heavy atom. The summed E-state index contributed by atoms with van der Waals surface area (Å²) < 4.78 is 144. The highest BCUT2D eigenvalue weighted by atomic mass is 35.5. The number of aryl methyl sites for hydroxylation is 12. The van der Waals surface area contributed by atoms with Crippen LogP contribution in [0.1, 0.15) is 80.6 Å². The van der Waals surface area contributed by atoms with E-state index < -0.39 is 99.3 Å². The predicted molar refractivity (Wildman–Crippen MR) is 562 cm³/mol. The molecule has 4 N–H and O–H groups in total. The maximum Gasteiger partial charge on any atom is 0.327 e. The summed E-state index contributed by atoms with van der Waals surface area (Å²) in [6.45, 7) is 23.6. The standard InChI is InChI=1S/C22H22ClN3O3S.C22H23N3O3S.2C21H20ClN3O3S.C19H23NO4S/c1-15-9-10-17(3)20(12-15)26(30(28,29)18-7-5-4-6-8-18)14-21(27)25-19-11-16(2)13-24-22(19)23;1-16-9-10-18(3)21(12-16)25(29(27,28)20-7-5-4-6-8-20)15-22(26)24-19-11-17(2)13-23-14-19;1-15-10-11-16(2)19(13-15)25(29(27,28)17-7-4-3-5-8-17)14-20(26)24-18-9-6-12-23-21(18)22;1-15-8-9-16(2)20(10-15)25(29(27,28)19-6-4-3-5-7-19)14-21(26)24-18-11-17(22)12-23-13-18;1-14(2)24-19(21)13-20(18-12-15(3)10-11-16(18)4)25(22,23)17-8-6-5-7-9-17/h4-13H,14H2,1-3H3,(H,25,27);4-14H,15H2,1-3H3,(H,24,26);2*3-13H,14H2,1-2H3,(H,24,26);5-12,14H,13H2,1-4H3. The molecular weight excluding hydrogens is 1970 g/mol. The molecule has 14 rings (SSSR count). The Kier molecular flexibility index (Phi) is 38.5. The van der Waals surface area contributed by atoms with Crippen molar-refractivity contribution in [3.63, 3.8) is 0 Å². The molecule has 10 aromatic carbocycles. The van der Waals surface area contributed by atoms with E-state index in [2.05, 4.69) is 41.2 Å². The molecule has 0 spiro atoms. The number of carbonyl (C=O) groups is 5. The first-order valence-corrected chi connectivity index (χ1v) is 52.5. The summed E-state index contributed by atoms with van der Waals surface area (Å²) in [7, 11) is -19.7. The molecule has 0 radical (unpaired) electrons. The van der Waals surface area contributed by atoms with Crippen LogP contribution >= 0.6 is 34.8 Å². The van der Waals surface area contributed by atoms with Gasteiger partial charge in [-0.1, -0.05) is 186 Å². The average molecular weight is 2070 g/mol. The fourth-order valence-corrected chi connectivity index (χ4v) is 22.0. The molecule has 0 fully saturated rings. The molecule has 0 bridgehead atoms. The molecule has 0 saturated heterocycles. The largest absolute Gasteiger partial charge is 0.462 e. The Bertz CT molecular complexity index is 7290. The molecule has 740 valence electrons. The van der Waals surface area contributed by atoms with Gasteiger partial charge in [-0.15, -0.1) is 0 Å². The van der Waals surface area contributed by atoms with E-state index in [0.29, 0.717) is 56.2 Å². The second kappa shape index (κ2) is 49.7. The number of nitrogens with zero attached hydrogens (tertiary/aromatic N) is 9. The zero-order valence-electron chi connectivity index (χ0n) is 80.3. The number of halogens is 3. The summed E-state index contributed by atoms with van der Waals surface area (Å²) >= 11 is 18.0. The van der Waals surface area contributed by atoms with Crippen molar-refractivity contribution in [2.24, 2.45) is 0 Å². The molecule has 142 heavy (non-hydrogen) atoms. The van der Waals surface area contributed by atoms with Gasteiger partial charge in [0.25, 0.3) is 50.1 Å². The van der Waals surface area contributed by atoms with E-state index in [1.807, 2.05) is 130 Å². The number of amides is 4. The lowest BCUT2D eigenvalue weighted by atomic mass is 10.1. The smallest absolute Gasteiger partial charge is 0.327 e. The summed E-state index contributed by atoms with van der Waals surface area (Å²) in [5.74, 6) is -2.59. The molecule has 4 aromatic heterocycles. The molecule has 0 aliphatic heterocycles. The highest BCUT2D eigenvalue weighted by Crippen LogP contribution is 2.36. The minimum Gasteiger partial charge on any atom is -0.462 e. The molecule has 14 aromatic rings. The lowest BCUT2D eigenvalue weighted by Gasteiger charge is -2.26. The molecule has 0 saturated carbocycles. The van der Waals surface area contributed by atoms with Crippen LogP contribution in [0.2, 0.25) is 15.3 Å². The van der Waals surface area contributed by atoms with Gasteiger partial charge in [0.2, 0.25) is 23.6 Å². The number of benzene rings is 10. The van der Waals surface area contributed by atoms with E-state index >= 15 is 0 Å². The van der Waals surface area contributed by atoms with Crippen LogP contribution in [0.15, 0.2) is 335 Å². The van der Waals surface area contributed by atoms with Gasteiger partial charge in [0.05, 0.1) is 99.2 Å². The molecule has 37 heteroatoms. The second-order valence-corrected chi connectivity index (χ2v) is 43.6. The zero-order valence-corrected chi connectivity index (χ0v) is 86.6. The van der Waals surface area contributed by atoms with Crippen LogP contribution in [0.4, 0.5) is 51.2 Å². The Morgan fingerprint density at radius 2 is 0.563 bits per heavy atom. The van der Waals surface area contributed by atoms with Gasteiger partial charge in [0.1, 0.15) is 32.7 Å².